The first-order chi connectivity index (χ1) is 11.5. The van der Waals surface area contributed by atoms with E-state index in [0.29, 0.717) is 0 Å². The van der Waals surface area contributed by atoms with Crippen LogP contribution < -0.4 is 18.6 Å². The molecule has 0 N–H and O–H groups in total. The number of halogens is 1. The molecule has 7 heteroatoms. The Labute approximate surface area is 153 Å². The maximum absolute atomic E-state index is 8.49. The summed E-state index contributed by atoms with van der Waals surface area (Å²) in [6, 6.07) is 8.99. The van der Waals surface area contributed by atoms with Crippen molar-refractivity contribution >= 4 is 11.8 Å². The molecular formula is C18H29ClN2O4. The summed E-state index contributed by atoms with van der Waals surface area (Å²) in [5.74, 6) is 0. The van der Waals surface area contributed by atoms with Crippen molar-refractivity contribution in [1.29, 1.82) is 0 Å². The van der Waals surface area contributed by atoms with Gasteiger partial charge in [-0.15, -0.1) is 10.2 Å². The molecule has 1 rings (SSSR count). The van der Waals surface area contributed by atoms with Crippen LogP contribution in [-0.2, 0) is 6.42 Å². The van der Waals surface area contributed by atoms with Gasteiger partial charge in [0.15, 0.2) is 6.21 Å². The lowest BCUT2D eigenvalue weighted by Crippen LogP contribution is -2.68. The molecule has 0 spiro atoms. The summed E-state index contributed by atoms with van der Waals surface area (Å²) in [6.07, 6.45) is 9.41. The van der Waals surface area contributed by atoms with Gasteiger partial charge in [0.2, 0.25) is 0 Å². The van der Waals surface area contributed by atoms with Crippen molar-refractivity contribution in [1.82, 2.24) is 4.90 Å². The van der Waals surface area contributed by atoms with Gasteiger partial charge in [-0.05, 0) is 24.0 Å². The molecule has 0 fully saturated rings. The second-order valence-corrected chi connectivity index (χ2v) is 6.93. The molecule has 1 aromatic rings. The quantitative estimate of drug-likeness (QED) is 0.344. The number of benzene rings is 1. The molecule has 142 valence electrons. The molecule has 0 aliphatic rings. The number of hydrogen-bond acceptors (Lipinski definition) is 5. The van der Waals surface area contributed by atoms with E-state index in [1.54, 1.807) is 0 Å². The highest BCUT2D eigenvalue weighted by atomic mass is 35.7. The highest BCUT2D eigenvalue weighted by Crippen LogP contribution is 2.15. The van der Waals surface area contributed by atoms with Crippen LogP contribution in [0, 0.1) is 10.2 Å². The minimum atomic E-state index is -4.94. The van der Waals surface area contributed by atoms with Gasteiger partial charge < -0.3 is 4.90 Å². The molecule has 0 bridgehead atoms. The fraction of sp³-hybridized carbons (Fsp3) is 0.500. The Bertz CT molecular complexity index is 539. The number of allylic oxidation sites excluding steroid dienone is 1. The van der Waals surface area contributed by atoms with Gasteiger partial charge in [-0.25, -0.2) is 23.2 Å². The number of aryl methyl sites for hydroxylation is 1. The van der Waals surface area contributed by atoms with Gasteiger partial charge in [0.05, 0.1) is 5.57 Å². The first-order valence-corrected chi connectivity index (χ1v) is 9.37. The molecule has 0 aromatic heterocycles. The first kappa shape index (κ1) is 23.6. The molecule has 1 aromatic carbocycles. The van der Waals surface area contributed by atoms with Gasteiger partial charge in [0.1, 0.15) is 14.1 Å². The molecule has 0 aliphatic heterocycles. The van der Waals surface area contributed by atoms with E-state index in [4.69, 9.17) is 18.6 Å². The normalized spacial score (nSPS) is 11.5. The molecule has 0 atom stereocenters. The Balaban J connectivity index is 0.00000101. The van der Waals surface area contributed by atoms with Crippen molar-refractivity contribution in [2.45, 2.75) is 32.6 Å². The Morgan fingerprint density at radius 1 is 1.04 bits per heavy atom. The predicted octanol–water partition coefficient (Wildman–Crippen LogP) is -1.09. The van der Waals surface area contributed by atoms with E-state index in [1.807, 2.05) is 0 Å². The third-order valence-electron chi connectivity index (χ3n) is 3.15. The van der Waals surface area contributed by atoms with Crippen LogP contribution >= 0.6 is 0 Å². The third-order valence-corrected chi connectivity index (χ3v) is 3.15. The summed E-state index contributed by atoms with van der Waals surface area (Å²) < 4.78 is 36.1. The minimum absolute atomic E-state index is 1.19. The van der Waals surface area contributed by atoms with Crippen molar-refractivity contribution in [3.63, 3.8) is 0 Å². The van der Waals surface area contributed by atoms with Crippen molar-refractivity contribution < 1.29 is 33.5 Å². The minimum Gasteiger partial charge on any atom is -0.383 e. The summed E-state index contributed by atoms with van der Waals surface area (Å²) in [5.41, 5.74) is 3.95. The lowest BCUT2D eigenvalue weighted by Gasteiger charge is -2.17. The van der Waals surface area contributed by atoms with Crippen LogP contribution in [0.3, 0.4) is 0 Å². The maximum atomic E-state index is 8.49. The summed E-state index contributed by atoms with van der Waals surface area (Å²) in [6.45, 7) is 2.25. The predicted molar refractivity (Wildman–Crippen MR) is 89.5 cm³/mol. The lowest BCUT2D eigenvalue weighted by molar-refractivity contribution is -2.00. The van der Waals surface area contributed by atoms with Crippen LogP contribution in [0.4, 0.5) is 0 Å². The first-order valence-electron chi connectivity index (χ1n) is 8.13. The zero-order valence-electron chi connectivity index (χ0n) is 15.7. The molecule has 0 saturated carbocycles. The zero-order chi connectivity index (χ0) is 19.5. The van der Waals surface area contributed by atoms with Crippen molar-refractivity contribution in [2.24, 2.45) is 0 Å². The molecule has 0 radical (unpaired) electrons. The Morgan fingerprint density at radius 2 is 1.56 bits per heavy atom. The van der Waals surface area contributed by atoms with Crippen LogP contribution in [0.25, 0.3) is 5.57 Å². The van der Waals surface area contributed by atoms with Gasteiger partial charge in [-0.1, -0.05) is 44.0 Å². The highest BCUT2D eigenvalue weighted by Gasteiger charge is 2.04. The zero-order valence-corrected chi connectivity index (χ0v) is 16.5. The average molecular weight is 373 g/mol. The average Bonchev–Trinajstić information content (AvgIpc) is 2.45. The Morgan fingerprint density at radius 3 is 1.96 bits per heavy atom. The van der Waals surface area contributed by atoms with Gasteiger partial charge in [0.25, 0.3) is 0 Å². The molecule has 0 heterocycles. The summed E-state index contributed by atoms with van der Waals surface area (Å²) in [7, 11) is 3.29. The van der Waals surface area contributed by atoms with Gasteiger partial charge in [-0.2, -0.15) is 0 Å². The number of hydrogen-bond donors (Lipinski definition) is 0. The third kappa shape index (κ3) is 14.6. The SMILES string of the molecule is CCCCCc1ccc(/C(C=[N+](C)C)=C/N(C)C)cc1.[O-][Cl+3]([O-])([O-])[O-]. The maximum Gasteiger partial charge on any atom is 0.172 e. The fourth-order valence-corrected chi connectivity index (χ4v) is 2.18. The van der Waals surface area contributed by atoms with E-state index >= 15 is 0 Å². The topological polar surface area (TPSA) is 98.5 Å². The van der Waals surface area contributed by atoms with E-state index in [0.717, 1.165) is 0 Å². The van der Waals surface area contributed by atoms with Gasteiger partial charge in [-0.3, -0.25) is 0 Å². The van der Waals surface area contributed by atoms with E-state index in [2.05, 4.69) is 81.3 Å². The second kappa shape index (κ2) is 12.0. The number of nitrogens with zero attached hydrogens (tertiary/aromatic N) is 2. The van der Waals surface area contributed by atoms with E-state index in [9.17, 15) is 0 Å². The largest absolute Gasteiger partial charge is 0.383 e. The second-order valence-electron chi connectivity index (χ2n) is 6.17. The van der Waals surface area contributed by atoms with Crippen molar-refractivity contribution in [3.8, 4) is 0 Å². The summed E-state index contributed by atoms with van der Waals surface area (Å²) in [4.78, 5) is 2.09. The number of unbranched alkanes of at least 4 members (excludes halogenated alkanes) is 2. The highest BCUT2D eigenvalue weighted by molar-refractivity contribution is 6.07. The van der Waals surface area contributed by atoms with Crippen LogP contribution in [-0.4, -0.2) is 43.9 Å². The molecular weight excluding hydrogens is 344 g/mol. The van der Waals surface area contributed by atoms with Crippen LogP contribution in [0.5, 0.6) is 0 Å². The van der Waals surface area contributed by atoms with E-state index in [1.165, 1.54) is 42.4 Å². The van der Waals surface area contributed by atoms with Crippen LogP contribution in [0.2, 0.25) is 0 Å². The Hall–Kier alpha value is -1.44. The van der Waals surface area contributed by atoms with Gasteiger partial charge >= 0.3 is 0 Å². The van der Waals surface area contributed by atoms with Crippen LogP contribution in [0.15, 0.2) is 30.5 Å². The standard InChI is InChI=1S/C18H29N2.ClHO4/c1-6-7-8-9-16-10-12-17(13-11-16)18(14-19(2)3)15-20(4)5;2-1(3,4)5/h10-15H,6-9H2,1-5H3;(H,2,3,4,5)/q+1;/p-1. The van der Waals surface area contributed by atoms with Crippen molar-refractivity contribution in [3.05, 3.63) is 41.6 Å². The molecule has 0 unspecified atom stereocenters. The van der Waals surface area contributed by atoms with Crippen LogP contribution in [0.1, 0.15) is 37.3 Å². The number of rotatable bonds is 7. The fourth-order valence-electron chi connectivity index (χ4n) is 2.18. The van der Waals surface area contributed by atoms with Crippen molar-refractivity contribution in [2.75, 3.05) is 28.2 Å². The van der Waals surface area contributed by atoms with E-state index < -0.39 is 10.2 Å². The van der Waals surface area contributed by atoms with E-state index in [-0.39, 0.29) is 0 Å². The lowest BCUT2D eigenvalue weighted by atomic mass is 10.0. The molecule has 0 amide bonds. The molecule has 6 nitrogen and oxygen atoms in total. The summed E-state index contributed by atoms with van der Waals surface area (Å²) >= 11 is 0. The molecule has 0 aliphatic carbocycles. The molecule has 0 saturated heterocycles. The smallest absolute Gasteiger partial charge is 0.172 e. The summed E-state index contributed by atoms with van der Waals surface area (Å²) in [5, 5.41) is 0. The monoisotopic (exact) mass is 372 g/mol. The Kier molecular flexibility index (Phi) is 11.3. The van der Waals surface area contributed by atoms with Gasteiger partial charge in [0, 0.05) is 20.3 Å². The molecule has 25 heavy (non-hydrogen) atoms.